The average Bonchev–Trinajstić information content (AvgIpc) is 2.59. The molecule has 0 amide bonds. The number of carbonyl (C=O) groups excluding carboxylic acids is 1. The number of methoxy groups -OCH3 is 2. The largest absolute Gasteiger partial charge is 0.495 e. The first-order chi connectivity index (χ1) is 13.6. The van der Waals surface area contributed by atoms with E-state index in [1.54, 1.807) is 0 Å². The summed E-state index contributed by atoms with van der Waals surface area (Å²) in [6.45, 7) is 1.20. The van der Waals surface area contributed by atoms with Crippen molar-refractivity contribution < 1.29 is 40.6 Å². The highest BCUT2D eigenvalue weighted by molar-refractivity contribution is 9.11. The van der Waals surface area contributed by atoms with Crippen LogP contribution in [0.15, 0.2) is 37.7 Å². The minimum atomic E-state index is -4.56. The van der Waals surface area contributed by atoms with E-state index in [2.05, 4.69) is 57.3 Å². The Balaban J connectivity index is 0.000000303. The fraction of sp³-hybridized carbons (Fsp3) is 0.278. The van der Waals surface area contributed by atoms with Gasteiger partial charge in [-0.3, -0.25) is 4.79 Å². The summed E-state index contributed by atoms with van der Waals surface area (Å²) in [4.78, 5) is 11.0. The van der Waals surface area contributed by atoms with Crippen LogP contribution in [-0.4, -0.2) is 20.0 Å². The van der Waals surface area contributed by atoms with Gasteiger partial charge in [0.2, 0.25) is 0 Å². The summed E-state index contributed by atoms with van der Waals surface area (Å²) in [5, 5.41) is 0. The topological polar surface area (TPSA) is 35.5 Å². The van der Waals surface area contributed by atoms with Crippen LogP contribution in [0.1, 0.15) is 28.4 Å². The van der Waals surface area contributed by atoms with Gasteiger partial charge in [-0.2, -0.15) is 26.3 Å². The number of carbonyl (C=O) groups is 1. The van der Waals surface area contributed by atoms with E-state index in [9.17, 15) is 31.1 Å². The summed E-state index contributed by atoms with van der Waals surface area (Å²) in [6, 6.07) is 4.56. The van der Waals surface area contributed by atoms with Gasteiger partial charge in [0.05, 0.1) is 34.3 Å². The second-order valence-corrected chi connectivity index (χ2v) is 8.18. The van der Waals surface area contributed by atoms with Gasteiger partial charge in [0.15, 0.2) is 5.78 Å². The molecule has 2 rings (SSSR count). The number of Topliss-reactive ketones (excluding diaryl/α,β-unsaturated/α-hetero) is 1. The number of benzene rings is 2. The van der Waals surface area contributed by atoms with Crippen LogP contribution in [0.5, 0.6) is 11.5 Å². The predicted molar refractivity (Wildman–Crippen MR) is 109 cm³/mol. The highest BCUT2D eigenvalue weighted by atomic mass is 79.9. The Morgan fingerprint density at radius 1 is 0.767 bits per heavy atom. The summed E-state index contributed by atoms with van der Waals surface area (Å²) in [5.74, 6) is -0.966. The van der Waals surface area contributed by atoms with Gasteiger partial charge in [0, 0.05) is 10.0 Å². The van der Waals surface area contributed by atoms with Gasteiger partial charge in [-0.1, -0.05) is 15.9 Å². The molecule has 0 radical (unpaired) electrons. The number of hydrogen-bond acceptors (Lipinski definition) is 3. The third kappa shape index (κ3) is 6.88. The number of alkyl halides is 6. The molecule has 30 heavy (non-hydrogen) atoms. The number of ketones is 1. The Bertz CT molecular complexity index is 927. The molecule has 0 saturated carbocycles. The second-order valence-electron chi connectivity index (χ2n) is 5.56. The van der Waals surface area contributed by atoms with Gasteiger partial charge in [0.25, 0.3) is 0 Å². The monoisotopic (exact) mass is 628 g/mol. The van der Waals surface area contributed by atoms with Gasteiger partial charge in [-0.25, -0.2) is 0 Å². The molecule has 3 nitrogen and oxygen atoms in total. The molecule has 0 atom stereocenters. The van der Waals surface area contributed by atoms with Crippen molar-refractivity contribution in [3.8, 4) is 11.5 Å². The summed E-state index contributed by atoms with van der Waals surface area (Å²) < 4.78 is 85.4. The summed E-state index contributed by atoms with van der Waals surface area (Å²) in [6.07, 6.45) is -8.98. The molecule has 0 fully saturated rings. The molecule has 0 unspecified atom stereocenters. The van der Waals surface area contributed by atoms with E-state index in [1.807, 2.05) is 0 Å². The smallest absolute Gasteiger partial charge is 0.420 e. The number of halogens is 9. The zero-order chi connectivity index (χ0) is 23.4. The van der Waals surface area contributed by atoms with Crippen LogP contribution in [0, 0.1) is 0 Å². The molecule has 0 spiro atoms. The van der Waals surface area contributed by atoms with Crippen molar-refractivity contribution >= 4 is 53.6 Å². The Morgan fingerprint density at radius 3 is 1.53 bits per heavy atom. The number of ether oxygens (including phenoxy) is 2. The van der Waals surface area contributed by atoms with E-state index in [1.165, 1.54) is 26.2 Å². The summed E-state index contributed by atoms with van der Waals surface area (Å²) >= 11 is 8.92. The lowest BCUT2D eigenvalue weighted by Crippen LogP contribution is -2.09. The standard InChI is InChI=1S/C10H8BrF3O2.C8H5Br2F3O/c1-5(15)6-3-7(10(12,13)14)9(16-2)8(11)4-6;1-14-7-5(8(11,12)13)2-4(9)3-6(7)10/h3-4H,1-2H3;2-3H,1H3. The molecule has 2 aromatic carbocycles. The minimum Gasteiger partial charge on any atom is -0.495 e. The number of hydrogen-bond donors (Lipinski definition) is 0. The molecule has 166 valence electrons. The van der Waals surface area contributed by atoms with Gasteiger partial charge in [-0.15, -0.1) is 0 Å². The normalized spacial score (nSPS) is 11.5. The van der Waals surface area contributed by atoms with E-state index in [4.69, 9.17) is 0 Å². The van der Waals surface area contributed by atoms with E-state index < -0.39 is 29.3 Å². The van der Waals surface area contributed by atoms with Crippen molar-refractivity contribution in [2.45, 2.75) is 19.3 Å². The van der Waals surface area contributed by atoms with Crippen molar-refractivity contribution in [2.75, 3.05) is 14.2 Å². The SMILES string of the molecule is COc1c(Br)cc(Br)cc1C(F)(F)F.COc1c(Br)cc(C(C)=O)cc1C(F)(F)F. The maximum atomic E-state index is 12.6. The van der Waals surface area contributed by atoms with Crippen LogP contribution >= 0.6 is 47.8 Å². The molecule has 0 saturated heterocycles. The fourth-order valence-electron chi connectivity index (χ4n) is 2.19. The summed E-state index contributed by atoms with van der Waals surface area (Å²) in [5.41, 5.74) is -1.78. The third-order valence-corrected chi connectivity index (χ3v) is 5.11. The molecule has 2 aromatic rings. The molecule has 0 aliphatic carbocycles. The second kappa shape index (κ2) is 10.4. The Hall–Kier alpha value is -1.27. The maximum absolute atomic E-state index is 12.6. The number of rotatable bonds is 3. The first-order valence-electron chi connectivity index (χ1n) is 7.69. The first-order valence-corrected chi connectivity index (χ1v) is 10.1. The van der Waals surface area contributed by atoms with Crippen LogP contribution in [0.3, 0.4) is 0 Å². The van der Waals surface area contributed by atoms with Crippen LogP contribution in [0.25, 0.3) is 0 Å². The molecular weight excluding hydrogens is 618 g/mol. The molecule has 0 aromatic heterocycles. The van der Waals surface area contributed by atoms with Crippen molar-refractivity contribution in [1.29, 1.82) is 0 Å². The molecule has 0 heterocycles. The predicted octanol–water partition coefficient (Wildman–Crippen LogP) is 7.92. The van der Waals surface area contributed by atoms with E-state index in [-0.39, 0.29) is 26.0 Å². The molecule has 0 aliphatic rings. The lowest BCUT2D eigenvalue weighted by atomic mass is 10.1. The lowest BCUT2D eigenvalue weighted by Gasteiger charge is -2.14. The highest BCUT2D eigenvalue weighted by Gasteiger charge is 2.36. The molecule has 0 N–H and O–H groups in total. The van der Waals surface area contributed by atoms with Crippen LogP contribution < -0.4 is 9.47 Å². The van der Waals surface area contributed by atoms with Crippen LogP contribution in [0.4, 0.5) is 26.3 Å². The van der Waals surface area contributed by atoms with Crippen molar-refractivity contribution in [2.24, 2.45) is 0 Å². The van der Waals surface area contributed by atoms with Gasteiger partial charge in [0.1, 0.15) is 11.5 Å². The molecule has 12 heteroatoms. The zero-order valence-corrected chi connectivity index (χ0v) is 20.2. The lowest BCUT2D eigenvalue weighted by molar-refractivity contribution is -0.139. The Labute approximate surface area is 193 Å². The van der Waals surface area contributed by atoms with Gasteiger partial charge < -0.3 is 9.47 Å². The third-order valence-electron chi connectivity index (χ3n) is 3.48. The summed E-state index contributed by atoms with van der Waals surface area (Å²) in [7, 11) is 2.34. The molecular formula is C18H13Br3F6O3. The van der Waals surface area contributed by atoms with E-state index in [0.29, 0.717) is 4.47 Å². The van der Waals surface area contributed by atoms with Crippen molar-refractivity contribution in [3.63, 3.8) is 0 Å². The van der Waals surface area contributed by atoms with Crippen molar-refractivity contribution in [1.82, 2.24) is 0 Å². The van der Waals surface area contributed by atoms with Gasteiger partial charge >= 0.3 is 12.4 Å². The Morgan fingerprint density at radius 2 is 1.17 bits per heavy atom. The van der Waals surface area contributed by atoms with E-state index in [0.717, 1.165) is 19.2 Å². The molecule has 0 bridgehead atoms. The van der Waals surface area contributed by atoms with Crippen LogP contribution in [-0.2, 0) is 12.4 Å². The molecule has 0 aliphatic heterocycles. The van der Waals surface area contributed by atoms with E-state index >= 15 is 0 Å². The highest BCUT2D eigenvalue weighted by Crippen LogP contribution is 2.42. The first kappa shape index (κ1) is 26.8. The quantitative estimate of drug-likeness (QED) is 0.255. The minimum absolute atomic E-state index is 0.0139. The van der Waals surface area contributed by atoms with Crippen LogP contribution in [0.2, 0.25) is 0 Å². The maximum Gasteiger partial charge on any atom is 0.420 e. The Kier molecular flexibility index (Phi) is 9.24. The zero-order valence-electron chi connectivity index (χ0n) is 15.4. The average molecular weight is 631 g/mol. The van der Waals surface area contributed by atoms with Gasteiger partial charge in [-0.05, 0) is 63.0 Å². The van der Waals surface area contributed by atoms with Crippen molar-refractivity contribution in [3.05, 3.63) is 54.4 Å². The fourth-order valence-corrected chi connectivity index (χ4v) is 4.20.